The molecule has 2 saturated heterocycles. The van der Waals surface area contributed by atoms with Crippen LogP contribution >= 0.6 is 50.5 Å². The number of halogens is 4. The van der Waals surface area contributed by atoms with E-state index in [9.17, 15) is 9.36 Å². The van der Waals surface area contributed by atoms with Crippen LogP contribution in [-0.2, 0) is 4.57 Å². The van der Waals surface area contributed by atoms with Gasteiger partial charge in [0.15, 0.2) is 27.8 Å². The molecule has 2 aliphatic heterocycles. The molecule has 0 unspecified atom stereocenters. The SMILES string of the molecule is CN1CCN(c2cnc3c(=O)[nH]c(-c4ccccc4)nc3n2)CC1.CN1CCN(c2cnc3c(Cl)nc(-c4ccccc4)nc3n2)CC1.O=P(Cl)(Cl)Cl. The van der Waals surface area contributed by atoms with Gasteiger partial charge >= 0.3 is 5.20 Å². The molecular formula is C34H35Cl4N12O2P. The molecule has 6 aromatic rings. The summed E-state index contributed by atoms with van der Waals surface area (Å²) in [5.41, 5.74) is 3.22. The molecular weight excluding hydrogens is 781 g/mol. The van der Waals surface area contributed by atoms with Crippen LogP contribution in [0.2, 0.25) is 5.15 Å². The standard InChI is InChI=1S/C17H17ClN6.C17H18N6O.Cl3OP/c1-23-7-9-24(10-8-23)13-11-19-14-15(18)21-16(22-17(14)20-13)12-5-3-2-4-6-12;1-22-7-9-23(10-8-22)13-11-18-14-16(19-13)20-15(21-17(14)24)12-5-3-2-4-6-12;1-5(2,3)4/h2-6,11H,7-10H2,1H3;2-6,11H,7-10H2,1H3,(H,19,20,21,24);. The Hall–Kier alpha value is -4.01. The average molecular weight is 817 g/mol. The minimum atomic E-state index is -3.22. The van der Waals surface area contributed by atoms with Crippen LogP contribution in [0.5, 0.6) is 0 Å². The number of fused-ring (bicyclic) bond motifs is 2. The molecule has 2 fully saturated rings. The minimum absolute atomic E-state index is 0.267. The average Bonchev–Trinajstić information content (AvgIpc) is 3.15. The zero-order valence-electron chi connectivity index (χ0n) is 28.8. The van der Waals surface area contributed by atoms with E-state index in [0.29, 0.717) is 33.6 Å². The van der Waals surface area contributed by atoms with Gasteiger partial charge in [0.25, 0.3) is 5.56 Å². The van der Waals surface area contributed by atoms with Gasteiger partial charge in [-0.3, -0.25) is 9.36 Å². The fourth-order valence-corrected chi connectivity index (χ4v) is 5.81. The van der Waals surface area contributed by atoms with Crippen molar-refractivity contribution in [2.24, 2.45) is 0 Å². The molecule has 2 aliphatic rings. The van der Waals surface area contributed by atoms with Gasteiger partial charge in [0.1, 0.15) is 23.0 Å². The van der Waals surface area contributed by atoms with E-state index in [1.165, 1.54) is 0 Å². The normalized spacial score (nSPS) is 15.4. The Kier molecular flexibility index (Phi) is 12.7. The molecule has 0 atom stereocenters. The molecule has 0 aliphatic carbocycles. The van der Waals surface area contributed by atoms with Crippen LogP contribution < -0.4 is 15.4 Å². The van der Waals surface area contributed by atoms with Crippen LogP contribution in [0.4, 0.5) is 11.6 Å². The Labute approximate surface area is 324 Å². The third-order valence-electron chi connectivity index (χ3n) is 8.49. The minimum Gasteiger partial charge on any atom is -0.353 e. The Bertz CT molecular complexity index is 2260. The molecule has 0 bridgehead atoms. The fourth-order valence-electron chi connectivity index (χ4n) is 5.60. The van der Waals surface area contributed by atoms with E-state index in [4.69, 9.17) is 11.6 Å². The number of piperazine rings is 2. The number of hydrogen-bond donors (Lipinski definition) is 1. The van der Waals surface area contributed by atoms with Crippen molar-refractivity contribution >= 4 is 84.5 Å². The topological polar surface area (TPSA) is 153 Å². The Balaban J connectivity index is 0.000000161. The van der Waals surface area contributed by atoms with Gasteiger partial charge in [0, 0.05) is 63.5 Å². The van der Waals surface area contributed by atoms with Gasteiger partial charge in [-0.05, 0) is 47.8 Å². The van der Waals surface area contributed by atoms with Crippen molar-refractivity contribution in [3.05, 3.63) is 88.6 Å². The first-order valence-corrected chi connectivity index (χ1v) is 21.4. The van der Waals surface area contributed by atoms with Crippen LogP contribution in [-0.4, -0.2) is 116 Å². The number of likely N-dealkylation sites (N-methyl/N-ethyl adjacent to an activating group) is 2. The third-order valence-corrected chi connectivity index (χ3v) is 8.76. The summed E-state index contributed by atoms with van der Waals surface area (Å²) in [5.74, 6) is 2.69. The lowest BCUT2D eigenvalue weighted by atomic mass is 10.2. The predicted octanol–water partition coefficient (Wildman–Crippen LogP) is 6.43. The van der Waals surface area contributed by atoms with Crippen molar-refractivity contribution in [1.29, 1.82) is 0 Å². The van der Waals surface area contributed by atoms with Gasteiger partial charge in [-0.2, -0.15) is 0 Å². The van der Waals surface area contributed by atoms with Gasteiger partial charge in [-0.1, -0.05) is 72.3 Å². The molecule has 6 heterocycles. The largest absolute Gasteiger partial charge is 0.353 e. The zero-order valence-corrected chi connectivity index (χ0v) is 32.7. The summed E-state index contributed by atoms with van der Waals surface area (Å²) in [5, 5.41) is -2.89. The number of benzene rings is 2. The van der Waals surface area contributed by atoms with Crippen LogP contribution in [0.3, 0.4) is 0 Å². The summed E-state index contributed by atoms with van der Waals surface area (Å²) >= 11 is 20.1. The fraction of sp³-hybridized carbons (Fsp3) is 0.294. The maximum atomic E-state index is 12.3. The van der Waals surface area contributed by atoms with Crippen molar-refractivity contribution in [2.75, 3.05) is 76.3 Å². The van der Waals surface area contributed by atoms with Crippen LogP contribution in [0.1, 0.15) is 0 Å². The quantitative estimate of drug-likeness (QED) is 0.154. The summed E-state index contributed by atoms with van der Waals surface area (Å²) in [6.07, 6.45) is 3.41. The predicted molar refractivity (Wildman–Crippen MR) is 214 cm³/mol. The maximum absolute atomic E-state index is 12.3. The summed E-state index contributed by atoms with van der Waals surface area (Å²) in [4.78, 5) is 55.5. The highest BCUT2D eigenvalue weighted by atomic mass is 36.0. The van der Waals surface area contributed by atoms with Gasteiger partial charge in [0.05, 0.1) is 12.4 Å². The van der Waals surface area contributed by atoms with Crippen molar-refractivity contribution in [3.8, 4) is 22.8 Å². The second-order valence-electron chi connectivity index (χ2n) is 12.3. The molecule has 14 nitrogen and oxygen atoms in total. The molecule has 19 heteroatoms. The molecule has 2 aromatic carbocycles. The summed E-state index contributed by atoms with van der Waals surface area (Å²) in [7, 11) is 4.24. The number of nitrogens with zero attached hydrogens (tertiary/aromatic N) is 11. The molecule has 1 N–H and O–H groups in total. The van der Waals surface area contributed by atoms with Crippen LogP contribution in [0.15, 0.2) is 77.9 Å². The molecule has 0 spiro atoms. The lowest BCUT2D eigenvalue weighted by Gasteiger charge is -2.32. The van der Waals surface area contributed by atoms with Gasteiger partial charge in [-0.15, -0.1) is 0 Å². The molecule has 0 radical (unpaired) electrons. The van der Waals surface area contributed by atoms with Crippen LogP contribution in [0.25, 0.3) is 45.1 Å². The highest BCUT2D eigenvalue weighted by molar-refractivity contribution is 8.24. The van der Waals surface area contributed by atoms with E-state index in [0.717, 1.165) is 75.1 Å². The van der Waals surface area contributed by atoms with E-state index in [-0.39, 0.29) is 11.1 Å². The van der Waals surface area contributed by atoms with Gasteiger partial charge < -0.3 is 24.6 Å². The second-order valence-corrected chi connectivity index (χ2v) is 19.3. The van der Waals surface area contributed by atoms with E-state index in [2.05, 4.69) is 107 Å². The Morgan fingerprint density at radius 3 is 1.58 bits per heavy atom. The number of anilines is 2. The number of nitrogens with one attached hydrogen (secondary N) is 1. The van der Waals surface area contributed by atoms with E-state index >= 15 is 0 Å². The number of H-pyrrole nitrogens is 1. The highest BCUT2D eigenvalue weighted by Gasteiger charge is 2.19. The molecule has 276 valence electrons. The first-order valence-electron chi connectivity index (χ1n) is 16.6. The molecule has 8 rings (SSSR count). The Morgan fingerprint density at radius 2 is 1.08 bits per heavy atom. The summed E-state index contributed by atoms with van der Waals surface area (Å²) in [6.45, 7) is 7.65. The Morgan fingerprint density at radius 1 is 0.623 bits per heavy atom. The second kappa shape index (κ2) is 17.4. The first-order chi connectivity index (χ1) is 25.4. The number of hydrogen-bond acceptors (Lipinski definition) is 13. The van der Waals surface area contributed by atoms with Crippen molar-refractivity contribution in [2.45, 2.75) is 0 Å². The van der Waals surface area contributed by atoms with E-state index < -0.39 is 5.20 Å². The van der Waals surface area contributed by atoms with Gasteiger partial charge in [-0.25, -0.2) is 34.9 Å². The van der Waals surface area contributed by atoms with Gasteiger partial charge in [0.2, 0.25) is 0 Å². The first kappa shape index (κ1) is 38.7. The molecule has 0 amide bonds. The lowest BCUT2D eigenvalue weighted by molar-refractivity contribution is 0.312. The van der Waals surface area contributed by atoms with Crippen LogP contribution in [0, 0.1) is 0 Å². The molecule has 4 aromatic heterocycles. The summed E-state index contributed by atoms with van der Waals surface area (Å²) < 4.78 is 9.51. The number of aromatic amines is 1. The highest BCUT2D eigenvalue weighted by Crippen LogP contribution is 2.61. The monoisotopic (exact) mass is 814 g/mol. The van der Waals surface area contributed by atoms with Crippen molar-refractivity contribution < 1.29 is 4.57 Å². The molecule has 0 saturated carbocycles. The summed E-state index contributed by atoms with van der Waals surface area (Å²) in [6, 6.07) is 19.3. The zero-order chi connectivity index (χ0) is 37.5. The maximum Gasteiger partial charge on any atom is 0.339 e. The van der Waals surface area contributed by atoms with Crippen molar-refractivity contribution in [1.82, 2.24) is 49.7 Å². The lowest BCUT2D eigenvalue weighted by Crippen LogP contribution is -2.44. The smallest absolute Gasteiger partial charge is 0.339 e. The number of rotatable bonds is 4. The number of aromatic nitrogens is 8. The van der Waals surface area contributed by atoms with E-state index in [1.54, 1.807) is 12.4 Å². The van der Waals surface area contributed by atoms with Crippen molar-refractivity contribution in [3.63, 3.8) is 0 Å². The van der Waals surface area contributed by atoms with E-state index in [1.807, 2.05) is 60.7 Å². The third kappa shape index (κ3) is 10.6. The molecule has 53 heavy (non-hydrogen) atoms.